The van der Waals surface area contributed by atoms with Gasteiger partial charge in [0.15, 0.2) is 0 Å². The fourth-order valence-electron chi connectivity index (χ4n) is 4.76. The molecule has 2 fully saturated rings. The summed E-state index contributed by atoms with van der Waals surface area (Å²) in [5.74, 6) is 1.52. The standard InChI is InChI=1S/C23H29ClN6/c24-20-14-27-23(29-22(20)19-13-26-21-4-2-1-3-18(19)21)28-17-7-11-30(12-8-17)15-16-5-9-25-10-6-16/h1-4,13-14,16-17,25-26H,5-12,15H2,(H,27,28,29). The molecule has 0 aliphatic carbocycles. The SMILES string of the molecule is Clc1cnc(NC2CCN(CC3CCNCC3)CC2)nc1-c1c[nH]c2ccccc12. The number of rotatable bonds is 5. The Morgan fingerprint density at radius 1 is 1.10 bits per heavy atom. The number of H-pyrrole nitrogens is 1. The van der Waals surface area contributed by atoms with Gasteiger partial charge in [0.2, 0.25) is 5.95 Å². The van der Waals surface area contributed by atoms with E-state index in [4.69, 9.17) is 16.6 Å². The first-order chi connectivity index (χ1) is 14.8. The first kappa shape index (κ1) is 19.8. The van der Waals surface area contributed by atoms with Crippen LogP contribution in [0.4, 0.5) is 5.95 Å². The van der Waals surface area contributed by atoms with Gasteiger partial charge in [-0.1, -0.05) is 29.8 Å². The highest BCUT2D eigenvalue weighted by Crippen LogP contribution is 2.32. The summed E-state index contributed by atoms with van der Waals surface area (Å²) in [6, 6.07) is 8.61. The van der Waals surface area contributed by atoms with Gasteiger partial charge < -0.3 is 20.5 Å². The number of hydrogen-bond donors (Lipinski definition) is 3. The molecule has 2 saturated heterocycles. The molecule has 158 valence electrons. The largest absolute Gasteiger partial charge is 0.360 e. The highest BCUT2D eigenvalue weighted by atomic mass is 35.5. The lowest BCUT2D eigenvalue weighted by Crippen LogP contribution is -2.43. The summed E-state index contributed by atoms with van der Waals surface area (Å²) in [5, 5.41) is 8.71. The van der Waals surface area contributed by atoms with E-state index in [2.05, 4.69) is 37.6 Å². The topological polar surface area (TPSA) is 68.9 Å². The van der Waals surface area contributed by atoms with Crippen molar-refractivity contribution in [2.24, 2.45) is 5.92 Å². The minimum Gasteiger partial charge on any atom is -0.360 e. The first-order valence-corrected chi connectivity index (χ1v) is 11.4. The average molecular weight is 425 g/mol. The second kappa shape index (κ2) is 8.92. The van der Waals surface area contributed by atoms with Crippen molar-refractivity contribution in [2.45, 2.75) is 31.7 Å². The number of aromatic nitrogens is 3. The molecular weight excluding hydrogens is 396 g/mol. The predicted molar refractivity (Wildman–Crippen MR) is 123 cm³/mol. The van der Waals surface area contributed by atoms with Crippen LogP contribution >= 0.6 is 11.6 Å². The van der Waals surface area contributed by atoms with Gasteiger partial charge in [-0.3, -0.25) is 0 Å². The lowest BCUT2D eigenvalue weighted by molar-refractivity contribution is 0.171. The maximum absolute atomic E-state index is 6.46. The molecule has 4 heterocycles. The Morgan fingerprint density at radius 3 is 2.73 bits per heavy atom. The lowest BCUT2D eigenvalue weighted by Gasteiger charge is -2.35. The van der Waals surface area contributed by atoms with E-state index in [1.165, 1.54) is 32.5 Å². The number of fused-ring (bicyclic) bond motifs is 1. The summed E-state index contributed by atoms with van der Waals surface area (Å²) in [7, 11) is 0. The molecule has 30 heavy (non-hydrogen) atoms. The van der Waals surface area contributed by atoms with Crippen molar-refractivity contribution >= 4 is 28.5 Å². The molecule has 7 heteroatoms. The van der Waals surface area contributed by atoms with Crippen LogP contribution in [0.3, 0.4) is 0 Å². The zero-order valence-electron chi connectivity index (χ0n) is 17.2. The summed E-state index contributed by atoms with van der Waals surface area (Å²) in [4.78, 5) is 15.2. The number of nitrogens with zero attached hydrogens (tertiary/aromatic N) is 3. The summed E-state index contributed by atoms with van der Waals surface area (Å²) >= 11 is 6.46. The smallest absolute Gasteiger partial charge is 0.223 e. The first-order valence-electron chi connectivity index (χ1n) is 11.0. The number of aromatic amines is 1. The van der Waals surface area contributed by atoms with Crippen molar-refractivity contribution in [2.75, 3.05) is 38.0 Å². The molecule has 6 nitrogen and oxygen atoms in total. The molecular formula is C23H29ClN6. The molecule has 0 saturated carbocycles. The van der Waals surface area contributed by atoms with Gasteiger partial charge in [-0.15, -0.1) is 0 Å². The number of hydrogen-bond acceptors (Lipinski definition) is 5. The van der Waals surface area contributed by atoms with Gasteiger partial charge >= 0.3 is 0 Å². The normalized spacial score (nSPS) is 19.4. The van der Waals surface area contributed by atoms with Crippen LogP contribution in [0, 0.1) is 5.92 Å². The highest BCUT2D eigenvalue weighted by molar-refractivity contribution is 6.33. The molecule has 0 bridgehead atoms. The van der Waals surface area contributed by atoms with Gasteiger partial charge in [0.25, 0.3) is 0 Å². The minimum atomic E-state index is 0.409. The van der Waals surface area contributed by atoms with E-state index >= 15 is 0 Å². The zero-order valence-corrected chi connectivity index (χ0v) is 18.0. The Balaban J connectivity index is 1.23. The van der Waals surface area contributed by atoms with E-state index in [-0.39, 0.29) is 0 Å². The van der Waals surface area contributed by atoms with Crippen molar-refractivity contribution in [1.29, 1.82) is 0 Å². The number of nitrogens with one attached hydrogen (secondary N) is 3. The van der Waals surface area contributed by atoms with E-state index in [0.717, 1.165) is 54.0 Å². The summed E-state index contributed by atoms with van der Waals surface area (Å²) < 4.78 is 0. The van der Waals surface area contributed by atoms with Crippen molar-refractivity contribution in [3.05, 3.63) is 41.7 Å². The van der Waals surface area contributed by atoms with Crippen LogP contribution in [-0.4, -0.2) is 58.6 Å². The van der Waals surface area contributed by atoms with Crippen LogP contribution in [0.5, 0.6) is 0 Å². The quantitative estimate of drug-likeness (QED) is 0.574. The molecule has 3 aromatic rings. The second-order valence-corrected chi connectivity index (χ2v) is 8.96. The molecule has 1 aromatic carbocycles. The fraction of sp³-hybridized carbons (Fsp3) is 0.478. The summed E-state index contributed by atoms with van der Waals surface area (Å²) in [6.45, 7) is 5.89. The van der Waals surface area contributed by atoms with Gasteiger partial charge in [0.1, 0.15) is 0 Å². The van der Waals surface area contributed by atoms with Crippen molar-refractivity contribution in [3.63, 3.8) is 0 Å². The zero-order chi connectivity index (χ0) is 20.3. The Hall–Kier alpha value is -2.15. The summed E-state index contributed by atoms with van der Waals surface area (Å²) in [5.41, 5.74) is 2.87. The second-order valence-electron chi connectivity index (χ2n) is 8.55. The summed E-state index contributed by atoms with van der Waals surface area (Å²) in [6.07, 6.45) is 8.56. The molecule has 2 aliphatic rings. The van der Waals surface area contributed by atoms with Gasteiger partial charge in [-0.2, -0.15) is 0 Å². The molecule has 0 atom stereocenters. The van der Waals surface area contributed by atoms with Crippen LogP contribution in [-0.2, 0) is 0 Å². The third kappa shape index (κ3) is 4.31. The number of halogens is 1. The predicted octanol–water partition coefficient (Wildman–Crippen LogP) is 4.15. The third-order valence-electron chi connectivity index (χ3n) is 6.48. The van der Waals surface area contributed by atoms with Crippen molar-refractivity contribution in [3.8, 4) is 11.3 Å². The number of benzene rings is 1. The minimum absolute atomic E-state index is 0.409. The molecule has 0 amide bonds. The van der Waals surface area contributed by atoms with Gasteiger partial charge in [-0.25, -0.2) is 9.97 Å². The van der Waals surface area contributed by atoms with Crippen LogP contribution in [0.1, 0.15) is 25.7 Å². The average Bonchev–Trinajstić information content (AvgIpc) is 3.21. The Bertz CT molecular complexity index is 988. The van der Waals surface area contributed by atoms with E-state index in [1.54, 1.807) is 6.20 Å². The van der Waals surface area contributed by atoms with E-state index in [9.17, 15) is 0 Å². The Kier molecular flexibility index (Phi) is 5.88. The van der Waals surface area contributed by atoms with Crippen LogP contribution in [0.15, 0.2) is 36.7 Å². The molecule has 0 radical (unpaired) electrons. The Morgan fingerprint density at radius 2 is 1.90 bits per heavy atom. The maximum Gasteiger partial charge on any atom is 0.223 e. The molecule has 5 rings (SSSR count). The fourth-order valence-corrected chi connectivity index (χ4v) is 4.96. The van der Waals surface area contributed by atoms with Crippen LogP contribution in [0.2, 0.25) is 5.02 Å². The van der Waals surface area contributed by atoms with Gasteiger partial charge in [0.05, 0.1) is 16.9 Å². The van der Waals surface area contributed by atoms with E-state index in [1.807, 2.05) is 18.3 Å². The molecule has 2 aromatic heterocycles. The van der Waals surface area contributed by atoms with Gasteiger partial charge in [0, 0.05) is 48.3 Å². The maximum atomic E-state index is 6.46. The number of piperidine rings is 2. The monoisotopic (exact) mass is 424 g/mol. The lowest BCUT2D eigenvalue weighted by atomic mass is 9.96. The van der Waals surface area contributed by atoms with Crippen LogP contribution < -0.4 is 10.6 Å². The Labute approximate surface area is 182 Å². The van der Waals surface area contributed by atoms with Crippen molar-refractivity contribution in [1.82, 2.24) is 25.2 Å². The molecule has 0 spiro atoms. The van der Waals surface area contributed by atoms with E-state index < -0.39 is 0 Å². The highest BCUT2D eigenvalue weighted by Gasteiger charge is 2.23. The number of para-hydroxylation sites is 1. The number of anilines is 1. The molecule has 0 unspecified atom stereocenters. The van der Waals surface area contributed by atoms with E-state index in [0.29, 0.717) is 17.0 Å². The van der Waals surface area contributed by atoms with Gasteiger partial charge in [-0.05, 0) is 50.8 Å². The molecule has 3 N–H and O–H groups in total. The third-order valence-corrected chi connectivity index (χ3v) is 6.76. The van der Waals surface area contributed by atoms with Crippen molar-refractivity contribution < 1.29 is 0 Å². The van der Waals surface area contributed by atoms with Crippen LogP contribution in [0.25, 0.3) is 22.2 Å². The number of likely N-dealkylation sites (tertiary alicyclic amines) is 1. The molecule has 2 aliphatic heterocycles.